The SMILES string of the molecule is O=C(O)c1ccc(S(=O)(=O)Nc2cc(-n3cccc3)ccc2F)c(F)c1. The van der Waals surface area contributed by atoms with E-state index in [0.717, 1.165) is 18.2 Å². The van der Waals surface area contributed by atoms with E-state index in [0.29, 0.717) is 11.8 Å². The molecule has 134 valence electrons. The molecule has 0 bridgehead atoms. The Morgan fingerprint density at radius 3 is 2.31 bits per heavy atom. The molecule has 0 aliphatic rings. The van der Waals surface area contributed by atoms with Crippen LogP contribution in [0, 0.1) is 11.6 Å². The van der Waals surface area contributed by atoms with Gasteiger partial charge >= 0.3 is 5.97 Å². The van der Waals surface area contributed by atoms with Crippen molar-refractivity contribution in [2.75, 3.05) is 4.72 Å². The van der Waals surface area contributed by atoms with Crippen LogP contribution in [-0.4, -0.2) is 24.1 Å². The molecule has 0 fully saturated rings. The lowest BCUT2D eigenvalue weighted by Crippen LogP contribution is -2.16. The maximum atomic E-state index is 14.0. The van der Waals surface area contributed by atoms with Gasteiger partial charge in [-0.1, -0.05) is 0 Å². The molecule has 0 radical (unpaired) electrons. The van der Waals surface area contributed by atoms with E-state index in [2.05, 4.69) is 0 Å². The molecule has 0 saturated heterocycles. The van der Waals surface area contributed by atoms with Crippen LogP contribution in [0.3, 0.4) is 0 Å². The number of benzene rings is 2. The minimum absolute atomic E-state index is 0.363. The molecular formula is C17H12F2N2O4S. The first-order valence-electron chi connectivity index (χ1n) is 7.26. The predicted molar refractivity (Wildman–Crippen MR) is 89.9 cm³/mol. The molecule has 1 aromatic heterocycles. The van der Waals surface area contributed by atoms with Crippen molar-refractivity contribution in [1.29, 1.82) is 0 Å². The van der Waals surface area contributed by atoms with Gasteiger partial charge in [0.05, 0.1) is 11.3 Å². The number of carboxylic acid groups (broad SMARTS) is 1. The highest BCUT2D eigenvalue weighted by molar-refractivity contribution is 7.92. The van der Waals surface area contributed by atoms with Crippen LogP contribution in [0.2, 0.25) is 0 Å². The Kier molecular flexibility index (Phi) is 4.47. The summed E-state index contributed by atoms with van der Waals surface area (Å²) in [6.07, 6.45) is 3.38. The Balaban J connectivity index is 1.98. The van der Waals surface area contributed by atoms with E-state index in [1.54, 1.807) is 29.1 Å². The molecule has 6 nitrogen and oxygen atoms in total. The number of hydrogen-bond donors (Lipinski definition) is 2. The Morgan fingerprint density at radius 2 is 1.69 bits per heavy atom. The van der Waals surface area contributed by atoms with E-state index in [1.807, 2.05) is 4.72 Å². The van der Waals surface area contributed by atoms with E-state index in [-0.39, 0.29) is 5.69 Å². The fourth-order valence-corrected chi connectivity index (χ4v) is 3.43. The van der Waals surface area contributed by atoms with Crippen molar-refractivity contribution in [3.8, 4) is 5.69 Å². The van der Waals surface area contributed by atoms with E-state index < -0.39 is 38.1 Å². The Bertz CT molecular complexity index is 1080. The van der Waals surface area contributed by atoms with Gasteiger partial charge in [-0.2, -0.15) is 0 Å². The molecule has 9 heteroatoms. The zero-order chi connectivity index (χ0) is 18.9. The molecule has 0 aliphatic carbocycles. The number of carbonyl (C=O) groups is 1. The highest BCUT2D eigenvalue weighted by Gasteiger charge is 2.22. The van der Waals surface area contributed by atoms with Gasteiger partial charge in [-0.15, -0.1) is 0 Å². The summed E-state index contributed by atoms with van der Waals surface area (Å²) >= 11 is 0. The van der Waals surface area contributed by atoms with Crippen molar-refractivity contribution in [3.05, 3.63) is 78.1 Å². The van der Waals surface area contributed by atoms with Crippen LogP contribution in [-0.2, 0) is 10.0 Å². The lowest BCUT2D eigenvalue weighted by molar-refractivity contribution is 0.0696. The van der Waals surface area contributed by atoms with Gasteiger partial charge in [0, 0.05) is 18.1 Å². The zero-order valence-electron chi connectivity index (χ0n) is 13.1. The summed E-state index contributed by atoms with van der Waals surface area (Å²) in [5, 5.41) is 8.81. The number of nitrogens with one attached hydrogen (secondary N) is 1. The maximum absolute atomic E-state index is 14.0. The van der Waals surface area contributed by atoms with Crippen LogP contribution in [0.5, 0.6) is 0 Å². The summed E-state index contributed by atoms with van der Waals surface area (Å²) in [5.41, 5.74) is -0.268. The average molecular weight is 378 g/mol. The molecule has 0 saturated carbocycles. The number of carboxylic acids is 1. The number of nitrogens with zero attached hydrogens (tertiary/aromatic N) is 1. The second-order valence-corrected chi connectivity index (χ2v) is 6.96. The Hall–Kier alpha value is -3.20. The van der Waals surface area contributed by atoms with Crippen LogP contribution in [0.1, 0.15) is 10.4 Å². The Labute approximate surface area is 147 Å². The third kappa shape index (κ3) is 3.42. The topological polar surface area (TPSA) is 88.4 Å². The van der Waals surface area contributed by atoms with E-state index >= 15 is 0 Å². The van der Waals surface area contributed by atoms with Gasteiger partial charge < -0.3 is 9.67 Å². The third-order valence-electron chi connectivity index (χ3n) is 3.57. The molecule has 0 unspecified atom stereocenters. The largest absolute Gasteiger partial charge is 0.478 e. The van der Waals surface area contributed by atoms with Gasteiger partial charge in [0.25, 0.3) is 10.0 Å². The fraction of sp³-hybridized carbons (Fsp3) is 0. The van der Waals surface area contributed by atoms with Gasteiger partial charge in [0.1, 0.15) is 16.5 Å². The minimum atomic E-state index is -4.46. The van der Waals surface area contributed by atoms with Gasteiger partial charge in [-0.3, -0.25) is 4.72 Å². The van der Waals surface area contributed by atoms with Crippen molar-refractivity contribution < 1.29 is 27.1 Å². The summed E-state index contributed by atoms with van der Waals surface area (Å²) in [4.78, 5) is 10.0. The van der Waals surface area contributed by atoms with Crippen molar-refractivity contribution in [2.24, 2.45) is 0 Å². The van der Waals surface area contributed by atoms with E-state index in [1.165, 1.54) is 12.1 Å². The Morgan fingerprint density at radius 1 is 1.00 bits per heavy atom. The molecule has 3 rings (SSSR count). The van der Waals surface area contributed by atoms with Crippen molar-refractivity contribution in [3.63, 3.8) is 0 Å². The molecule has 26 heavy (non-hydrogen) atoms. The first kappa shape index (κ1) is 17.6. The number of aromatic carboxylic acids is 1. The number of anilines is 1. The number of aromatic nitrogens is 1. The van der Waals surface area contributed by atoms with Crippen LogP contribution in [0.4, 0.5) is 14.5 Å². The molecule has 0 spiro atoms. The van der Waals surface area contributed by atoms with Crippen LogP contribution >= 0.6 is 0 Å². The second kappa shape index (κ2) is 6.60. The van der Waals surface area contributed by atoms with Crippen LogP contribution < -0.4 is 4.72 Å². The summed E-state index contributed by atoms with van der Waals surface area (Å²) in [6.45, 7) is 0. The summed E-state index contributed by atoms with van der Waals surface area (Å²) in [7, 11) is -4.46. The fourth-order valence-electron chi connectivity index (χ4n) is 2.31. The number of halogens is 2. The average Bonchev–Trinajstić information content (AvgIpc) is 3.10. The molecule has 2 aromatic carbocycles. The monoisotopic (exact) mass is 378 g/mol. The molecule has 1 heterocycles. The van der Waals surface area contributed by atoms with Crippen molar-refractivity contribution in [1.82, 2.24) is 4.57 Å². The van der Waals surface area contributed by atoms with Gasteiger partial charge in [0.15, 0.2) is 0 Å². The smallest absolute Gasteiger partial charge is 0.335 e. The first-order valence-corrected chi connectivity index (χ1v) is 8.75. The maximum Gasteiger partial charge on any atom is 0.335 e. The third-order valence-corrected chi connectivity index (χ3v) is 4.96. The van der Waals surface area contributed by atoms with Gasteiger partial charge in [-0.25, -0.2) is 22.0 Å². The van der Waals surface area contributed by atoms with Gasteiger partial charge in [-0.05, 0) is 48.5 Å². The van der Waals surface area contributed by atoms with E-state index in [9.17, 15) is 22.0 Å². The number of hydrogen-bond acceptors (Lipinski definition) is 3. The standard InChI is InChI=1S/C17H12F2N2O4S/c18-13-5-4-12(21-7-1-2-8-21)10-15(13)20-26(24,25)16-6-3-11(17(22)23)9-14(16)19/h1-10,20H,(H,22,23). The molecular weight excluding hydrogens is 366 g/mol. The minimum Gasteiger partial charge on any atom is -0.478 e. The predicted octanol–water partition coefficient (Wildman–Crippen LogP) is 3.25. The van der Waals surface area contributed by atoms with Crippen molar-refractivity contribution >= 4 is 21.7 Å². The second-order valence-electron chi connectivity index (χ2n) is 5.31. The van der Waals surface area contributed by atoms with Gasteiger partial charge in [0.2, 0.25) is 0 Å². The van der Waals surface area contributed by atoms with E-state index in [4.69, 9.17) is 5.11 Å². The molecule has 0 aliphatic heterocycles. The normalized spacial score (nSPS) is 11.3. The molecule has 0 amide bonds. The summed E-state index contributed by atoms with van der Waals surface area (Å²) in [5.74, 6) is -3.49. The van der Waals surface area contributed by atoms with Crippen LogP contribution in [0.15, 0.2) is 65.8 Å². The molecule has 2 N–H and O–H groups in total. The zero-order valence-corrected chi connectivity index (χ0v) is 13.9. The molecule has 0 atom stereocenters. The van der Waals surface area contributed by atoms with Crippen LogP contribution in [0.25, 0.3) is 5.69 Å². The van der Waals surface area contributed by atoms with Crippen molar-refractivity contribution in [2.45, 2.75) is 4.90 Å². The quantitative estimate of drug-likeness (QED) is 0.713. The highest BCUT2D eigenvalue weighted by atomic mass is 32.2. The lowest BCUT2D eigenvalue weighted by Gasteiger charge is -2.12. The molecule has 3 aromatic rings. The highest BCUT2D eigenvalue weighted by Crippen LogP contribution is 2.24. The lowest BCUT2D eigenvalue weighted by atomic mass is 10.2. The summed E-state index contributed by atoms with van der Waals surface area (Å²) in [6, 6.07) is 9.63. The first-order chi connectivity index (χ1) is 12.3. The number of rotatable bonds is 5. The number of sulfonamides is 1. The summed E-state index contributed by atoms with van der Waals surface area (Å²) < 4.78 is 56.4.